The van der Waals surface area contributed by atoms with E-state index in [2.05, 4.69) is 26.0 Å². The van der Waals surface area contributed by atoms with E-state index in [-0.39, 0.29) is 17.0 Å². The lowest BCUT2D eigenvalue weighted by molar-refractivity contribution is -0.114. The fourth-order valence-electron chi connectivity index (χ4n) is 4.89. The molecule has 2 fully saturated rings. The van der Waals surface area contributed by atoms with E-state index in [1.165, 1.54) is 24.8 Å². The van der Waals surface area contributed by atoms with Gasteiger partial charge in [0.25, 0.3) is 0 Å². The van der Waals surface area contributed by atoms with Gasteiger partial charge in [-0.15, -0.1) is 0 Å². The van der Waals surface area contributed by atoms with Gasteiger partial charge in [0, 0.05) is 17.0 Å². The zero-order valence-corrected chi connectivity index (χ0v) is 15.8. The zero-order chi connectivity index (χ0) is 18.2. The number of hydrogen-bond donors (Lipinski definition) is 0. The van der Waals surface area contributed by atoms with Crippen molar-refractivity contribution in [3.63, 3.8) is 0 Å². The second-order valence-electron chi connectivity index (χ2n) is 8.54. The van der Waals surface area contributed by atoms with E-state index in [1.54, 1.807) is 0 Å². The molecular weight excluding hydrogens is 320 g/mol. The van der Waals surface area contributed by atoms with Crippen LogP contribution in [0.4, 0.5) is 0 Å². The Morgan fingerprint density at radius 2 is 1.58 bits per heavy atom. The molecule has 2 heteroatoms. The lowest BCUT2D eigenvalue weighted by atomic mass is 9.70. The summed E-state index contributed by atoms with van der Waals surface area (Å²) in [5, 5.41) is 0. The van der Waals surface area contributed by atoms with Crippen LogP contribution in [0, 0.1) is 0 Å². The standard InChI is InChI=1S/C24H28O2/c1-23(2)16-17-24(26-23)15-7-6-10-21(24)18-11-13-20(14-12-18)22(25)19-8-4-3-5-9-19/h3-5,8-9,11-14,21H,6-7,10,15-17H2,1-2H3/t21-,24+/m0/s1. The van der Waals surface area contributed by atoms with E-state index in [4.69, 9.17) is 4.74 Å². The predicted octanol–water partition coefficient (Wildman–Crippen LogP) is 5.90. The van der Waals surface area contributed by atoms with Gasteiger partial charge in [0.2, 0.25) is 0 Å². The molecular formula is C24H28O2. The van der Waals surface area contributed by atoms with E-state index >= 15 is 0 Å². The maximum Gasteiger partial charge on any atom is 0.193 e. The van der Waals surface area contributed by atoms with Crippen LogP contribution in [0.1, 0.15) is 79.8 Å². The van der Waals surface area contributed by atoms with E-state index in [0.29, 0.717) is 5.92 Å². The lowest BCUT2D eigenvalue weighted by Crippen LogP contribution is -2.40. The van der Waals surface area contributed by atoms with Crippen LogP contribution in [-0.2, 0) is 4.74 Å². The van der Waals surface area contributed by atoms with Gasteiger partial charge in [-0.25, -0.2) is 0 Å². The smallest absolute Gasteiger partial charge is 0.193 e. The van der Waals surface area contributed by atoms with Gasteiger partial charge in [-0.2, -0.15) is 0 Å². The lowest BCUT2D eigenvalue weighted by Gasteiger charge is -2.42. The average molecular weight is 348 g/mol. The van der Waals surface area contributed by atoms with Crippen molar-refractivity contribution in [2.24, 2.45) is 0 Å². The zero-order valence-electron chi connectivity index (χ0n) is 15.8. The van der Waals surface area contributed by atoms with Crippen LogP contribution in [0.2, 0.25) is 0 Å². The number of ether oxygens (including phenoxy) is 1. The summed E-state index contributed by atoms with van der Waals surface area (Å²) < 4.78 is 6.62. The Balaban J connectivity index is 1.59. The molecule has 2 aliphatic rings. The molecule has 1 spiro atoms. The predicted molar refractivity (Wildman–Crippen MR) is 105 cm³/mol. The molecule has 0 bridgehead atoms. The van der Waals surface area contributed by atoms with Gasteiger partial charge in [-0.05, 0) is 45.1 Å². The molecule has 2 atom stereocenters. The Morgan fingerprint density at radius 1 is 0.885 bits per heavy atom. The Hall–Kier alpha value is -1.93. The molecule has 1 heterocycles. The van der Waals surface area contributed by atoms with Crippen LogP contribution in [0.3, 0.4) is 0 Å². The molecule has 136 valence electrons. The molecule has 0 aromatic heterocycles. The molecule has 4 rings (SSSR count). The van der Waals surface area contributed by atoms with E-state index in [9.17, 15) is 4.79 Å². The number of ketones is 1. The van der Waals surface area contributed by atoms with Gasteiger partial charge in [0.1, 0.15) is 0 Å². The van der Waals surface area contributed by atoms with E-state index < -0.39 is 0 Å². The molecule has 0 radical (unpaired) electrons. The van der Waals surface area contributed by atoms with Crippen molar-refractivity contribution in [3.8, 4) is 0 Å². The van der Waals surface area contributed by atoms with Gasteiger partial charge < -0.3 is 4.74 Å². The van der Waals surface area contributed by atoms with Gasteiger partial charge in [0.15, 0.2) is 5.78 Å². The minimum Gasteiger partial charge on any atom is -0.368 e. The third-order valence-electron chi connectivity index (χ3n) is 6.22. The highest BCUT2D eigenvalue weighted by Crippen LogP contribution is 2.52. The van der Waals surface area contributed by atoms with E-state index in [1.807, 2.05) is 42.5 Å². The van der Waals surface area contributed by atoms with Crippen molar-refractivity contribution in [1.29, 1.82) is 0 Å². The van der Waals surface area contributed by atoms with Crippen molar-refractivity contribution in [1.82, 2.24) is 0 Å². The summed E-state index contributed by atoms with van der Waals surface area (Å²) in [6.45, 7) is 4.43. The summed E-state index contributed by atoms with van der Waals surface area (Å²) in [5.41, 5.74) is 2.81. The van der Waals surface area contributed by atoms with Gasteiger partial charge >= 0.3 is 0 Å². The van der Waals surface area contributed by atoms with Gasteiger partial charge in [0.05, 0.1) is 11.2 Å². The summed E-state index contributed by atoms with van der Waals surface area (Å²) in [5.74, 6) is 0.535. The summed E-state index contributed by atoms with van der Waals surface area (Å²) in [4.78, 5) is 12.6. The van der Waals surface area contributed by atoms with Gasteiger partial charge in [-0.3, -0.25) is 4.79 Å². The van der Waals surface area contributed by atoms with Crippen molar-refractivity contribution in [2.75, 3.05) is 0 Å². The van der Waals surface area contributed by atoms with Crippen LogP contribution in [0.25, 0.3) is 0 Å². The number of rotatable bonds is 3. The molecule has 0 unspecified atom stereocenters. The van der Waals surface area contributed by atoms with Crippen LogP contribution in [0.5, 0.6) is 0 Å². The Bertz CT molecular complexity index is 776. The third-order valence-corrected chi connectivity index (χ3v) is 6.22. The minimum atomic E-state index is -0.0151. The third kappa shape index (κ3) is 3.23. The summed E-state index contributed by atoms with van der Waals surface area (Å²) >= 11 is 0. The molecule has 2 aromatic rings. The SMILES string of the molecule is CC1(C)CC[C@@]2(CCCC[C@H]2c2ccc(C(=O)c3ccccc3)cc2)O1. The molecule has 1 saturated heterocycles. The first kappa shape index (κ1) is 17.5. The Labute approximate surface area is 156 Å². The number of hydrogen-bond acceptors (Lipinski definition) is 2. The molecule has 0 amide bonds. The first-order chi connectivity index (χ1) is 12.5. The van der Waals surface area contributed by atoms with Crippen molar-refractivity contribution >= 4 is 5.78 Å². The fourth-order valence-corrected chi connectivity index (χ4v) is 4.89. The molecule has 2 aromatic carbocycles. The molecule has 26 heavy (non-hydrogen) atoms. The highest BCUT2D eigenvalue weighted by molar-refractivity contribution is 6.08. The van der Waals surface area contributed by atoms with E-state index in [0.717, 1.165) is 30.4 Å². The average Bonchev–Trinajstić information content (AvgIpc) is 2.97. The molecule has 2 nitrogen and oxygen atoms in total. The van der Waals surface area contributed by atoms with Crippen LogP contribution in [0.15, 0.2) is 54.6 Å². The Kier molecular flexibility index (Phi) is 4.48. The highest BCUT2D eigenvalue weighted by atomic mass is 16.5. The Morgan fingerprint density at radius 3 is 2.23 bits per heavy atom. The summed E-state index contributed by atoms with van der Waals surface area (Å²) in [7, 11) is 0. The summed E-state index contributed by atoms with van der Waals surface area (Å²) in [6, 6.07) is 17.8. The fraction of sp³-hybridized carbons (Fsp3) is 0.458. The molecule has 1 aliphatic heterocycles. The van der Waals surface area contributed by atoms with Gasteiger partial charge in [-0.1, -0.05) is 67.4 Å². The molecule has 1 saturated carbocycles. The van der Waals surface area contributed by atoms with Crippen LogP contribution < -0.4 is 0 Å². The topological polar surface area (TPSA) is 26.3 Å². The van der Waals surface area contributed by atoms with Crippen LogP contribution >= 0.6 is 0 Å². The van der Waals surface area contributed by atoms with Crippen molar-refractivity contribution in [2.45, 2.75) is 69.5 Å². The van der Waals surface area contributed by atoms with Crippen molar-refractivity contribution < 1.29 is 9.53 Å². The molecule has 0 N–H and O–H groups in total. The largest absolute Gasteiger partial charge is 0.368 e. The molecule has 1 aliphatic carbocycles. The first-order valence-corrected chi connectivity index (χ1v) is 9.89. The quantitative estimate of drug-likeness (QED) is 0.645. The number of carbonyl (C=O) groups excluding carboxylic acids is 1. The maximum absolute atomic E-state index is 12.6. The second kappa shape index (κ2) is 6.66. The monoisotopic (exact) mass is 348 g/mol. The van der Waals surface area contributed by atoms with Crippen molar-refractivity contribution in [3.05, 3.63) is 71.3 Å². The van der Waals surface area contributed by atoms with Crippen LogP contribution in [-0.4, -0.2) is 17.0 Å². The minimum absolute atomic E-state index is 0.00724. The number of carbonyl (C=O) groups is 1. The maximum atomic E-state index is 12.6. The summed E-state index contributed by atoms with van der Waals surface area (Å²) in [6.07, 6.45) is 7.15. The highest BCUT2D eigenvalue weighted by Gasteiger charge is 2.50. The second-order valence-corrected chi connectivity index (χ2v) is 8.54. The number of benzene rings is 2. The first-order valence-electron chi connectivity index (χ1n) is 9.89. The normalized spacial score (nSPS) is 27.5.